The molecule has 0 aromatic heterocycles. The van der Waals surface area contributed by atoms with Crippen LogP contribution in [0, 0.1) is 0 Å². The lowest BCUT2D eigenvalue weighted by Crippen LogP contribution is -2.15. The summed E-state index contributed by atoms with van der Waals surface area (Å²) in [6.45, 7) is 0.938. The molecule has 0 atom stereocenters. The molecule has 0 saturated carbocycles. The van der Waals surface area contributed by atoms with Crippen molar-refractivity contribution in [2.24, 2.45) is 0 Å². The molecule has 4 fully saturated rings. The Morgan fingerprint density at radius 3 is 1.56 bits per heavy atom. The van der Waals surface area contributed by atoms with Crippen LogP contribution >= 0.6 is 0 Å². The van der Waals surface area contributed by atoms with Gasteiger partial charge in [-0.3, -0.25) is 18.9 Å². The van der Waals surface area contributed by atoms with Gasteiger partial charge in [0.05, 0.1) is 0 Å². The minimum atomic E-state index is -0.507. The summed E-state index contributed by atoms with van der Waals surface area (Å²) >= 11 is 0. The highest BCUT2D eigenvalue weighted by Crippen LogP contribution is 2.77. The fourth-order valence-electron chi connectivity index (χ4n) is 3.19. The van der Waals surface area contributed by atoms with Crippen molar-refractivity contribution >= 4 is 0 Å². The van der Waals surface area contributed by atoms with Crippen molar-refractivity contribution < 1.29 is 28.4 Å². The van der Waals surface area contributed by atoms with Crippen LogP contribution in [0.1, 0.15) is 12.8 Å². The van der Waals surface area contributed by atoms with E-state index in [1.165, 1.54) is 0 Å². The van der Waals surface area contributed by atoms with Crippen molar-refractivity contribution in [1.29, 1.82) is 0 Å². The molecule has 2 aliphatic carbocycles. The van der Waals surface area contributed by atoms with Gasteiger partial charge in [-0.15, -0.1) is 0 Å². The number of rotatable bonds is 5. The summed E-state index contributed by atoms with van der Waals surface area (Å²) in [7, 11) is 0. The largest absolute Gasteiger partial charge is 0.489 e. The lowest BCUT2D eigenvalue weighted by molar-refractivity contribution is -0.114. The Balaban J connectivity index is 1.05. The van der Waals surface area contributed by atoms with Gasteiger partial charge in [-0.2, -0.15) is 0 Å². The molecule has 6 rings (SSSR count). The van der Waals surface area contributed by atoms with Gasteiger partial charge in [-0.25, -0.2) is 0 Å². The summed E-state index contributed by atoms with van der Waals surface area (Å²) in [5.74, 6) is -0.0909. The van der Waals surface area contributed by atoms with E-state index < -0.39 is 11.6 Å². The molecule has 0 aromatic rings. The molecule has 0 N–H and O–H groups in total. The smallest absolute Gasteiger partial charge is 0.289 e. The molecule has 6 heteroatoms. The first-order valence-corrected chi connectivity index (χ1v) is 6.22. The average Bonchev–Trinajstić information content (AvgIpc) is 3.23. The molecule has 4 saturated heterocycles. The third-order valence-corrected chi connectivity index (χ3v) is 4.43. The second-order valence-corrected chi connectivity index (χ2v) is 5.39. The standard InChI is InChI=1S/C12H10O6/c1-3-9-11(15-9,16-9)7(1)13-5-6-14-8-2-4-10-12(8,17-10)18-10/h1-2H,3-6H2. The zero-order chi connectivity index (χ0) is 11.6. The minimum absolute atomic E-state index is 0.334. The molecule has 18 heavy (non-hydrogen) atoms. The Labute approximate surface area is 102 Å². The van der Waals surface area contributed by atoms with Crippen molar-refractivity contribution in [3.8, 4) is 0 Å². The SMILES string of the molecule is C1=C(OCCOC2=CCC34OC23O4)C23OC2(C1)O3. The van der Waals surface area contributed by atoms with Gasteiger partial charge in [-0.1, -0.05) is 0 Å². The van der Waals surface area contributed by atoms with Crippen LogP contribution in [0.3, 0.4) is 0 Å². The Bertz CT molecular complexity index is 499. The third kappa shape index (κ3) is 0.708. The molecule has 4 heterocycles. The number of ether oxygens (including phenoxy) is 6. The normalized spacial score (nSPS) is 58.7. The van der Waals surface area contributed by atoms with Crippen LogP contribution < -0.4 is 0 Å². The second kappa shape index (κ2) is 2.12. The highest BCUT2D eigenvalue weighted by atomic mass is 17.1. The van der Waals surface area contributed by atoms with Crippen molar-refractivity contribution in [2.75, 3.05) is 13.2 Å². The van der Waals surface area contributed by atoms with Gasteiger partial charge in [-0.05, 0) is 12.2 Å². The summed E-state index contributed by atoms with van der Waals surface area (Å²) in [4.78, 5) is 0. The molecule has 0 radical (unpaired) electrons. The van der Waals surface area contributed by atoms with E-state index in [1.807, 2.05) is 12.2 Å². The van der Waals surface area contributed by atoms with Crippen LogP contribution in [0.15, 0.2) is 23.7 Å². The molecule has 0 aromatic carbocycles. The zero-order valence-corrected chi connectivity index (χ0v) is 9.43. The third-order valence-electron chi connectivity index (χ3n) is 4.43. The zero-order valence-electron chi connectivity index (χ0n) is 9.43. The van der Waals surface area contributed by atoms with E-state index in [2.05, 4.69) is 0 Å². The van der Waals surface area contributed by atoms with E-state index in [0.29, 0.717) is 13.2 Å². The first kappa shape index (κ1) is 8.92. The molecule has 0 unspecified atom stereocenters. The molecule has 4 aliphatic heterocycles. The molecular weight excluding hydrogens is 240 g/mol. The van der Waals surface area contributed by atoms with E-state index in [-0.39, 0.29) is 11.6 Å². The predicted molar refractivity (Wildman–Crippen MR) is 52.6 cm³/mol. The summed E-state index contributed by atoms with van der Waals surface area (Å²) in [6, 6.07) is 0. The molecule has 6 nitrogen and oxygen atoms in total. The van der Waals surface area contributed by atoms with E-state index in [9.17, 15) is 0 Å². The van der Waals surface area contributed by atoms with Gasteiger partial charge in [0.1, 0.15) is 13.2 Å². The van der Waals surface area contributed by atoms with Crippen LogP contribution in [-0.2, 0) is 28.4 Å². The van der Waals surface area contributed by atoms with Crippen molar-refractivity contribution in [3.63, 3.8) is 0 Å². The van der Waals surface area contributed by atoms with Crippen molar-refractivity contribution in [2.45, 2.75) is 36.0 Å². The van der Waals surface area contributed by atoms with Crippen LogP contribution in [-0.4, -0.2) is 36.4 Å². The Kier molecular flexibility index (Phi) is 1.05. The van der Waals surface area contributed by atoms with Crippen LogP contribution in [0.25, 0.3) is 0 Å². The molecule has 0 amide bonds. The maximum Gasteiger partial charge on any atom is 0.289 e. The summed E-state index contributed by atoms with van der Waals surface area (Å²) in [5, 5.41) is 0. The first-order valence-electron chi connectivity index (χ1n) is 6.22. The minimum Gasteiger partial charge on any atom is -0.489 e. The molecule has 6 aliphatic rings. The fraction of sp³-hybridized carbons (Fsp3) is 0.667. The van der Waals surface area contributed by atoms with Crippen molar-refractivity contribution in [1.82, 2.24) is 0 Å². The van der Waals surface area contributed by atoms with E-state index >= 15 is 0 Å². The summed E-state index contributed by atoms with van der Waals surface area (Å²) in [5.41, 5.74) is 0. The fourth-order valence-corrected chi connectivity index (χ4v) is 3.19. The van der Waals surface area contributed by atoms with Crippen molar-refractivity contribution in [3.05, 3.63) is 23.7 Å². The van der Waals surface area contributed by atoms with Gasteiger partial charge in [0.15, 0.2) is 11.5 Å². The van der Waals surface area contributed by atoms with Gasteiger partial charge >= 0.3 is 0 Å². The number of hydrogen-bond acceptors (Lipinski definition) is 6. The van der Waals surface area contributed by atoms with E-state index in [1.54, 1.807) is 0 Å². The van der Waals surface area contributed by atoms with Gasteiger partial charge in [0, 0.05) is 12.8 Å². The topological polar surface area (TPSA) is 68.6 Å². The Morgan fingerprint density at radius 1 is 0.833 bits per heavy atom. The molecular formula is C12H10O6. The highest BCUT2D eigenvalue weighted by molar-refractivity contribution is 5.41. The monoisotopic (exact) mass is 250 g/mol. The Hall–Kier alpha value is -1.08. The van der Waals surface area contributed by atoms with Gasteiger partial charge in [0.2, 0.25) is 11.6 Å². The van der Waals surface area contributed by atoms with E-state index in [4.69, 9.17) is 28.4 Å². The summed E-state index contributed by atoms with van der Waals surface area (Å²) < 4.78 is 32.8. The lowest BCUT2D eigenvalue weighted by atomic mass is 10.3. The average molecular weight is 250 g/mol. The summed E-state index contributed by atoms with van der Waals surface area (Å²) in [6.07, 6.45) is 5.64. The van der Waals surface area contributed by atoms with E-state index in [0.717, 1.165) is 24.4 Å². The first-order chi connectivity index (χ1) is 8.75. The highest BCUT2D eigenvalue weighted by Gasteiger charge is 2.96. The number of epoxide rings is 4. The van der Waals surface area contributed by atoms with Crippen LogP contribution in [0.4, 0.5) is 0 Å². The molecule has 0 bridgehead atoms. The van der Waals surface area contributed by atoms with Crippen LogP contribution in [0.2, 0.25) is 0 Å². The van der Waals surface area contributed by atoms with Crippen LogP contribution in [0.5, 0.6) is 0 Å². The van der Waals surface area contributed by atoms with Gasteiger partial charge in [0.25, 0.3) is 11.6 Å². The lowest BCUT2D eigenvalue weighted by Gasteiger charge is -2.14. The molecule has 0 spiro atoms. The number of hydrogen-bond donors (Lipinski definition) is 0. The van der Waals surface area contributed by atoms with Gasteiger partial charge < -0.3 is 9.47 Å². The Morgan fingerprint density at radius 2 is 1.28 bits per heavy atom. The quantitative estimate of drug-likeness (QED) is 0.523. The second-order valence-electron chi connectivity index (χ2n) is 5.39. The maximum absolute atomic E-state index is 5.63. The molecule has 94 valence electrons. The predicted octanol–water partition coefficient (Wildman–Crippen LogP) is 0.501. The maximum atomic E-state index is 5.63.